The zero-order valence-electron chi connectivity index (χ0n) is 7.88. The maximum absolute atomic E-state index is 11.1. The molecule has 0 saturated carbocycles. The van der Waals surface area contributed by atoms with E-state index < -0.39 is 11.9 Å². The molecule has 5 nitrogen and oxygen atoms in total. The second kappa shape index (κ2) is 6.56. The molecule has 2 amide bonds. The molecule has 0 spiro atoms. The fraction of sp³-hybridized carbons (Fsp3) is 0.500. The summed E-state index contributed by atoms with van der Waals surface area (Å²) in [5, 5.41) is 2.42. The number of carbonyl (C=O) groups is 2. The van der Waals surface area contributed by atoms with Gasteiger partial charge in [-0.1, -0.05) is 22.5 Å². The van der Waals surface area contributed by atoms with Gasteiger partial charge in [-0.05, 0) is 4.48 Å². The minimum absolute atomic E-state index is 0.0987. The number of primary amides is 1. The molecule has 1 atom stereocenters. The van der Waals surface area contributed by atoms with Crippen molar-refractivity contribution >= 4 is 27.7 Å². The van der Waals surface area contributed by atoms with E-state index in [9.17, 15) is 9.59 Å². The third-order valence-electron chi connectivity index (χ3n) is 1.38. The predicted molar refractivity (Wildman–Crippen MR) is 55.7 cm³/mol. The van der Waals surface area contributed by atoms with Gasteiger partial charge in [0.25, 0.3) is 0 Å². The highest BCUT2D eigenvalue weighted by Crippen LogP contribution is 2.09. The average molecular weight is 265 g/mol. The second-order valence-corrected chi connectivity index (χ2v) is 3.80. The first-order valence-electron chi connectivity index (χ1n) is 3.88. The summed E-state index contributed by atoms with van der Waals surface area (Å²) in [6, 6.07) is -0.746. The second-order valence-electron chi connectivity index (χ2n) is 2.68. The third kappa shape index (κ3) is 5.71. The number of hydrogen-bond acceptors (Lipinski definition) is 3. The molecule has 80 valence electrons. The van der Waals surface area contributed by atoms with Crippen LogP contribution in [0.5, 0.6) is 0 Å². The maximum atomic E-state index is 11.1. The molecule has 0 radical (unpaired) electrons. The van der Waals surface area contributed by atoms with Crippen molar-refractivity contribution in [1.82, 2.24) is 5.32 Å². The van der Waals surface area contributed by atoms with E-state index in [1.807, 2.05) is 0 Å². The van der Waals surface area contributed by atoms with Crippen LogP contribution in [0.4, 0.5) is 0 Å². The lowest BCUT2D eigenvalue weighted by molar-refractivity contribution is -0.129. The van der Waals surface area contributed by atoms with Crippen molar-refractivity contribution in [3.8, 4) is 0 Å². The quantitative estimate of drug-likeness (QED) is 0.703. The molecule has 0 saturated heterocycles. The molecule has 0 aliphatic heterocycles. The molecule has 14 heavy (non-hydrogen) atoms. The standard InChI is InChI=1S/C8H13BrN2O3/c1-5(9)3-6(8(10)13)11-7(12)4-14-2/h6H,1,3-4H2,2H3,(H2,10,13)(H,11,12)/t6-/m0/s1. The fourth-order valence-corrected chi connectivity index (χ4v) is 1.14. The van der Waals surface area contributed by atoms with E-state index in [1.54, 1.807) is 0 Å². The van der Waals surface area contributed by atoms with E-state index >= 15 is 0 Å². The number of carbonyl (C=O) groups excluding carboxylic acids is 2. The highest BCUT2D eigenvalue weighted by Gasteiger charge is 2.17. The van der Waals surface area contributed by atoms with Crippen molar-refractivity contribution in [1.29, 1.82) is 0 Å². The Bertz CT molecular complexity index is 243. The summed E-state index contributed by atoms with van der Waals surface area (Å²) in [6.45, 7) is 3.46. The van der Waals surface area contributed by atoms with Crippen LogP contribution in [0, 0.1) is 0 Å². The number of hydrogen-bond donors (Lipinski definition) is 2. The van der Waals surface area contributed by atoms with Crippen LogP contribution in [0.1, 0.15) is 6.42 Å². The molecule has 0 aromatic carbocycles. The van der Waals surface area contributed by atoms with Gasteiger partial charge in [-0.15, -0.1) is 0 Å². The topological polar surface area (TPSA) is 81.4 Å². The lowest BCUT2D eigenvalue weighted by Crippen LogP contribution is -2.45. The van der Waals surface area contributed by atoms with Gasteiger partial charge < -0.3 is 15.8 Å². The van der Waals surface area contributed by atoms with Gasteiger partial charge >= 0.3 is 0 Å². The van der Waals surface area contributed by atoms with Gasteiger partial charge in [-0.3, -0.25) is 9.59 Å². The van der Waals surface area contributed by atoms with Gasteiger partial charge in [0.15, 0.2) is 0 Å². The van der Waals surface area contributed by atoms with Crippen molar-refractivity contribution in [2.75, 3.05) is 13.7 Å². The number of amides is 2. The molecule has 0 bridgehead atoms. The number of halogens is 1. The van der Waals surface area contributed by atoms with Crippen molar-refractivity contribution in [3.63, 3.8) is 0 Å². The van der Waals surface area contributed by atoms with Crippen LogP contribution in [0.3, 0.4) is 0 Å². The lowest BCUT2D eigenvalue weighted by atomic mass is 10.2. The van der Waals surface area contributed by atoms with Crippen molar-refractivity contribution in [3.05, 3.63) is 11.1 Å². The highest BCUT2D eigenvalue weighted by molar-refractivity contribution is 9.11. The molecule has 6 heteroatoms. The smallest absolute Gasteiger partial charge is 0.246 e. The zero-order chi connectivity index (χ0) is 11.1. The first-order valence-corrected chi connectivity index (χ1v) is 4.67. The largest absolute Gasteiger partial charge is 0.375 e. The first kappa shape index (κ1) is 13.1. The van der Waals surface area contributed by atoms with Crippen LogP contribution < -0.4 is 11.1 Å². The van der Waals surface area contributed by atoms with Crippen molar-refractivity contribution < 1.29 is 14.3 Å². The van der Waals surface area contributed by atoms with E-state index in [0.717, 1.165) is 0 Å². The molecule has 0 aliphatic rings. The Morgan fingerprint density at radius 2 is 2.21 bits per heavy atom. The molecule has 0 aromatic rings. The van der Waals surface area contributed by atoms with Crippen LogP contribution in [-0.4, -0.2) is 31.6 Å². The summed E-state index contributed by atoms with van der Waals surface area (Å²) in [5.74, 6) is -0.986. The average Bonchev–Trinajstić information content (AvgIpc) is 2.02. The van der Waals surface area contributed by atoms with E-state index in [2.05, 4.69) is 32.6 Å². The Labute approximate surface area is 90.8 Å². The summed E-state index contributed by atoms with van der Waals surface area (Å²) >= 11 is 3.09. The number of rotatable bonds is 6. The zero-order valence-corrected chi connectivity index (χ0v) is 9.46. The van der Waals surface area contributed by atoms with Crippen LogP contribution in [-0.2, 0) is 14.3 Å². The van der Waals surface area contributed by atoms with Gasteiger partial charge in [-0.2, -0.15) is 0 Å². The number of nitrogens with one attached hydrogen (secondary N) is 1. The Balaban J connectivity index is 4.16. The van der Waals surface area contributed by atoms with Gasteiger partial charge in [0.1, 0.15) is 12.6 Å². The minimum Gasteiger partial charge on any atom is -0.375 e. The summed E-state index contributed by atoms with van der Waals surface area (Å²) in [4.78, 5) is 21.9. The summed E-state index contributed by atoms with van der Waals surface area (Å²) in [6.07, 6.45) is 0.269. The fourth-order valence-electron chi connectivity index (χ4n) is 0.811. The Kier molecular flexibility index (Phi) is 6.14. The summed E-state index contributed by atoms with van der Waals surface area (Å²) < 4.78 is 5.19. The molecule has 0 fully saturated rings. The van der Waals surface area contributed by atoms with E-state index in [4.69, 9.17) is 5.73 Å². The maximum Gasteiger partial charge on any atom is 0.246 e. The molecule has 0 aromatic heterocycles. The highest BCUT2D eigenvalue weighted by atomic mass is 79.9. The van der Waals surface area contributed by atoms with Crippen molar-refractivity contribution in [2.24, 2.45) is 5.73 Å². The third-order valence-corrected chi connectivity index (χ3v) is 1.70. The SMILES string of the molecule is C=C(Br)C[C@H](NC(=O)COC)C(N)=O. The number of ether oxygens (including phenoxy) is 1. The Morgan fingerprint density at radius 1 is 1.64 bits per heavy atom. The number of nitrogens with two attached hydrogens (primary N) is 1. The molecule has 0 heterocycles. The van der Waals surface area contributed by atoms with Gasteiger partial charge in [0, 0.05) is 13.5 Å². The normalized spacial score (nSPS) is 11.9. The van der Waals surface area contributed by atoms with Gasteiger partial charge in [0.2, 0.25) is 11.8 Å². The first-order chi connectivity index (χ1) is 6.47. The Hall–Kier alpha value is -0.880. The van der Waals surface area contributed by atoms with Crippen LogP contribution in [0.15, 0.2) is 11.1 Å². The van der Waals surface area contributed by atoms with E-state index in [0.29, 0.717) is 4.48 Å². The molecular formula is C8H13BrN2O3. The van der Waals surface area contributed by atoms with E-state index in [1.165, 1.54) is 7.11 Å². The van der Waals surface area contributed by atoms with Crippen LogP contribution >= 0.6 is 15.9 Å². The summed E-state index contributed by atoms with van der Waals surface area (Å²) in [7, 11) is 1.39. The van der Waals surface area contributed by atoms with Crippen LogP contribution in [0.25, 0.3) is 0 Å². The molecule has 0 unspecified atom stereocenters. The Morgan fingerprint density at radius 3 is 2.57 bits per heavy atom. The molecular weight excluding hydrogens is 252 g/mol. The predicted octanol–water partition coefficient (Wildman–Crippen LogP) is -0.0984. The number of methoxy groups -OCH3 is 1. The minimum atomic E-state index is -0.746. The monoisotopic (exact) mass is 264 g/mol. The lowest BCUT2D eigenvalue weighted by Gasteiger charge is -2.14. The van der Waals surface area contributed by atoms with E-state index in [-0.39, 0.29) is 18.9 Å². The molecule has 0 aliphatic carbocycles. The van der Waals surface area contributed by atoms with Crippen LogP contribution in [0.2, 0.25) is 0 Å². The molecule has 0 rings (SSSR count). The van der Waals surface area contributed by atoms with Gasteiger partial charge in [0.05, 0.1) is 0 Å². The van der Waals surface area contributed by atoms with Gasteiger partial charge in [-0.25, -0.2) is 0 Å². The van der Waals surface area contributed by atoms with Crippen molar-refractivity contribution in [2.45, 2.75) is 12.5 Å². The summed E-state index contributed by atoms with van der Waals surface area (Å²) in [5.41, 5.74) is 5.07. The molecule has 3 N–H and O–H groups in total.